The van der Waals surface area contributed by atoms with Crippen LogP contribution in [0.2, 0.25) is 0 Å². The Bertz CT molecular complexity index is 995. The van der Waals surface area contributed by atoms with E-state index in [1.165, 1.54) is 4.31 Å². The van der Waals surface area contributed by atoms with Crippen LogP contribution in [-0.2, 0) is 14.8 Å². The Hall–Kier alpha value is -2.38. The van der Waals surface area contributed by atoms with E-state index in [9.17, 15) is 13.2 Å². The van der Waals surface area contributed by atoms with Crippen LogP contribution < -0.4 is 9.62 Å². The summed E-state index contributed by atoms with van der Waals surface area (Å²) in [5, 5.41) is 3.03. The summed E-state index contributed by atoms with van der Waals surface area (Å²) in [5.74, 6) is -0.277. The fourth-order valence-electron chi connectivity index (χ4n) is 3.68. The van der Waals surface area contributed by atoms with E-state index in [0.29, 0.717) is 5.69 Å². The van der Waals surface area contributed by atoms with Crippen molar-refractivity contribution < 1.29 is 13.2 Å². The molecule has 0 bridgehead atoms. The summed E-state index contributed by atoms with van der Waals surface area (Å²) in [4.78, 5) is 15.3. The highest BCUT2D eigenvalue weighted by atomic mass is 32.2. The lowest BCUT2D eigenvalue weighted by molar-refractivity contribution is -0.120. The van der Waals surface area contributed by atoms with Gasteiger partial charge in [-0.15, -0.1) is 0 Å². The van der Waals surface area contributed by atoms with Gasteiger partial charge in [0.15, 0.2) is 0 Å². The number of carbonyl (C=O) groups is 1. The van der Waals surface area contributed by atoms with Gasteiger partial charge in [0, 0.05) is 6.04 Å². The molecule has 1 aliphatic rings. The molecule has 162 valence electrons. The van der Waals surface area contributed by atoms with Crippen molar-refractivity contribution in [2.45, 2.75) is 44.6 Å². The molecule has 1 aliphatic heterocycles. The summed E-state index contributed by atoms with van der Waals surface area (Å²) in [6, 6.07) is 12.5. The van der Waals surface area contributed by atoms with Gasteiger partial charge in [0.2, 0.25) is 5.91 Å². The zero-order valence-corrected chi connectivity index (χ0v) is 19.0. The standard InChI is InChI=1S/C23H31N3O3S/c1-17-6-9-21(10-7-17)30(28,29)26(22-15-18(2)5-8-19(22)3)16-23(27)24-20-11-13-25(4)14-12-20/h5-10,15,20H,11-14,16H2,1-4H3,(H,24,27). The molecular weight excluding hydrogens is 398 g/mol. The Morgan fingerprint density at radius 1 is 1.03 bits per heavy atom. The second-order valence-electron chi connectivity index (χ2n) is 8.26. The quantitative estimate of drug-likeness (QED) is 0.766. The number of hydrogen-bond acceptors (Lipinski definition) is 4. The third-order valence-corrected chi connectivity index (χ3v) is 7.39. The maximum Gasteiger partial charge on any atom is 0.264 e. The van der Waals surface area contributed by atoms with Crippen LogP contribution in [-0.4, -0.2) is 51.9 Å². The Kier molecular flexibility index (Phi) is 6.83. The average Bonchev–Trinajstić information content (AvgIpc) is 2.70. The maximum absolute atomic E-state index is 13.5. The first-order chi connectivity index (χ1) is 14.2. The van der Waals surface area contributed by atoms with E-state index in [2.05, 4.69) is 17.3 Å². The largest absolute Gasteiger partial charge is 0.352 e. The van der Waals surface area contributed by atoms with Gasteiger partial charge in [0.05, 0.1) is 10.6 Å². The van der Waals surface area contributed by atoms with Crippen LogP contribution in [0.25, 0.3) is 0 Å². The predicted molar refractivity (Wildman–Crippen MR) is 120 cm³/mol. The number of carbonyl (C=O) groups excluding carboxylic acids is 1. The number of nitrogens with one attached hydrogen (secondary N) is 1. The molecule has 1 saturated heterocycles. The molecule has 0 spiro atoms. The SMILES string of the molecule is Cc1ccc(S(=O)(=O)N(CC(=O)NC2CCN(C)CC2)c2cc(C)ccc2C)cc1. The van der Waals surface area contributed by atoms with Crippen LogP contribution in [0.1, 0.15) is 29.5 Å². The summed E-state index contributed by atoms with van der Waals surface area (Å²) in [6.07, 6.45) is 1.74. The summed E-state index contributed by atoms with van der Waals surface area (Å²) in [5.41, 5.74) is 3.26. The number of likely N-dealkylation sites (tertiary alicyclic amines) is 1. The Morgan fingerprint density at radius 2 is 1.63 bits per heavy atom. The molecule has 7 heteroatoms. The highest BCUT2D eigenvalue weighted by molar-refractivity contribution is 7.92. The van der Waals surface area contributed by atoms with E-state index >= 15 is 0 Å². The van der Waals surface area contributed by atoms with E-state index in [1.54, 1.807) is 24.3 Å². The van der Waals surface area contributed by atoms with E-state index < -0.39 is 10.0 Å². The molecule has 1 heterocycles. The molecule has 0 unspecified atom stereocenters. The number of benzene rings is 2. The van der Waals surface area contributed by atoms with E-state index in [0.717, 1.165) is 42.6 Å². The molecule has 0 saturated carbocycles. The minimum atomic E-state index is -3.89. The molecule has 1 amide bonds. The lowest BCUT2D eigenvalue weighted by Crippen LogP contribution is -2.48. The van der Waals surface area contributed by atoms with E-state index in [4.69, 9.17) is 0 Å². The number of sulfonamides is 1. The summed E-state index contributed by atoms with van der Waals surface area (Å²) < 4.78 is 28.3. The van der Waals surface area contributed by atoms with Gasteiger partial charge in [-0.2, -0.15) is 0 Å². The van der Waals surface area contributed by atoms with Crippen molar-refractivity contribution in [3.8, 4) is 0 Å². The monoisotopic (exact) mass is 429 g/mol. The summed E-state index contributed by atoms with van der Waals surface area (Å²) in [6.45, 7) is 7.29. The third kappa shape index (κ3) is 5.21. The van der Waals surface area contributed by atoms with Crippen LogP contribution in [0.3, 0.4) is 0 Å². The van der Waals surface area contributed by atoms with Gasteiger partial charge in [-0.25, -0.2) is 8.42 Å². The number of amides is 1. The molecule has 0 aromatic heterocycles. The van der Waals surface area contributed by atoms with Gasteiger partial charge in [0.25, 0.3) is 10.0 Å². The maximum atomic E-state index is 13.5. The van der Waals surface area contributed by atoms with Crippen LogP contribution in [0, 0.1) is 20.8 Å². The first-order valence-electron chi connectivity index (χ1n) is 10.3. The van der Waals surface area contributed by atoms with Crippen LogP contribution >= 0.6 is 0 Å². The van der Waals surface area contributed by atoms with Crippen LogP contribution in [0.15, 0.2) is 47.4 Å². The number of anilines is 1. The third-order valence-electron chi connectivity index (χ3n) is 5.61. The van der Waals surface area contributed by atoms with E-state index in [-0.39, 0.29) is 23.4 Å². The number of hydrogen-bond donors (Lipinski definition) is 1. The van der Waals surface area contributed by atoms with Gasteiger partial charge in [-0.3, -0.25) is 9.10 Å². The molecule has 1 N–H and O–H groups in total. The Morgan fingerprint density at radius 3 is 2.27 bits per heavy atom. The molecule has 6 nitrogen and oxygen atoms in total. The zero-order chi connectivity index (χ0) is 21.9. The highest BCUT2D eigenvalue weighted by Gasteiger charge is 2.29. The molecule has 0 aliphatic carbocycles. The van der Waals surface area contributed by atoms with Gasteiger partial charge in [-0.1, -0.05) is 29.8 Å². The second kappa shape index (κ2) is 9.18. The van der Waals surface area contributed by atoms with Gasteiger partial charge in [0.1, 0.15) is 6.54 Å². The second-order valence-corrected chi connectivity index (χ2v) is 10.1. The first-order valence-corrected chi connectivity index (χ1v) is 11.8. The van der Waals surface area contributed by atoms with Gasteiger partial charge < -0.3 is 10.2 Å². The molecule has 1 fully saturated rings. The smallest absolute Gasteiger partial charge is 0.264 e. The van der Waals surface area contributed by atoms with Gasteiger partial charge in [-0.05, 0) is 83.1 Å². The normalized spacial score (nSPS) is 15.7. The van der Waals surface area contributed by atoms with Crippen molar-refractivity contribution in [2.24, 2.45) is 0 Å². The Balaban J connectivity index is 1.90. The highest BCUT2D eigenvalue weighted by Crippen LogP contribution is 2.28. The first kappa shape index (κ1) is 22.3. The number of rotatable bonds is 6. The zero-order valence-electron chi connectivity index (χ0n) is 18.2. The molecule has 30 heavy (non-hydrogen) atoms. The minimum absolute atomic E-state index is 0.0798. The fourth-order valence-corrected chi connectivity index (χ4v) is 5.16. The molecule has 2 aromatic carbocycles. The number of nitrogens with zero attached hydrogens (tertiary/aromatic N) is 2. The van der Waals surface area contributed by atoms with Crippen LogP contribution in [0.5, 0.6) is 0 Å². The van der Waals surface area contributed by atoms with Crippen molar-refractivity contribution in [3.63, 3.8) is 0 Å². The molecule has 0 atom stereocenters. The fraction of sp³-hybridized carbons (Fsp3) is 0.435. The molecule has 3 rings (SSSR count). The Labute approximate surface area is 179 Å². The number of aryl methyl sites for hydroxylation is 3. The lowest BCUT2D eigenvalue weighted by Gasteiger charge is -2.31. The summed E-state index contributed by atoms with van der Waals surface area (Å²) in [7, 11) is -1.83. The lowest BCUT2D eigenvalue weighted by atomic mass is 10.1. The van der Waals surface area contributed by atoms with Crippen LogP contribution in [0.4, 0.5) is 5.69 Å². The van der Waals surface area contributed by atoms with Crippen molar-refractivity contribution >= 4 is 21.6 Å². The van der Waals surface area contributed by atoms with E-state index in [1.807, 2.05) is 39.0 Å². The number of piperidine rings is 1. The van der Waals surface area contributed by atoms with Crippen molar-refractivity contribution in [1.29, 1.82) is 0 Å². The van der Waals surface area contributed by atoms with Crippen molar-refractivity contribution in [2.75, 3.05) is 31.0 Å². The minimum Gasteiger partial charge on any atom is -0.352 e. The molecule has 0 radical (unpaired) electrons. The topological polar surface area (TPSA) is 69.7 Å². The average molecular weight is 430 g/mol. The summed E-state index contributed by atoms with van der Waals surface area (Å²) >= 11 is 0. The van der Waals surface area contributed by atoms with Gasteiger partial charge >= 0.3 is 0 Å². The molecular formula is C23H31N3O3S. The molecule has 2 aromatic rings. The van der Waals surface area contributed by atoms with Crippen molar-refractivity contribution in [1.82, 2.24) is 10.2 Å². The van der Waals surface area contributed by atoms with Crippen molar-refractivity contribution in [3.05, 3.63) is 59.2 Å². The predicted octanol–water partition coefficient (Wildman–Crippen LogP) is 3.02.